The molecular weight excluding hydrogens is 1200 g/mol. The van der Waals surface area contributed by atoms with Crippen molar-refractivity contribution < 1.29 is 38.2 Å². The second-order valence-electron chi connectivity index (χ2n) is 20.4. The summed E-state index contributed by atoms with van der Waals surface area (Å²) in [6.45, 7) is 3.25. The summed E-state index contributed by atoms with van der Waals surface area (Å²) in [5.74, 6) is -1.20. The van der Waals surface area contributed by atoms with Gasteiger partial charge in [-0.05, 0) is 121 Å². The first-order valence-electron chi connectivity index (χ1n) is 27.6. The Hall–Kier alpha value is -9.58. The first kappa shape index (κ1) is 62.9. The summed E-state index contributed by atoms with van der Waals surface area (Å²) < 4.78 is 12.2. The van der Waals surface area contributed by atoms with E-state index < -0.39 is 23.6 Å². The van der Waals surface area contributed by atoms with Crippen LogP contribution < -0.4 is 40.5 Å². The third-order valence-electron chi connectivity index (χ3n) is 14.0. The third kappa shape index (κ3) is 16.5. The summed E-state index contributed by atoms with van der Waals surface area (Å²) in [5.41, 5.74) is 8.82. The molecule has 0 saturated carbocycles. The van der Waals surface area contributed by atoms with Gasteiger partial charge >= 0.3 is 0 Å². The second kappa shape index (κ2) is 29.2. The number of hydrogen-bond donors (Lipinski definition) is 4. The molecular formula is C68H58Cl4N8O8. The van der Waals surface area contributed by atoms with Crippen LogP contribution in [-0.4, -0.2) is 72.6 Å². The molecule has 2 aromatic heterocycles. The number of amides is 6. The maximum atomic E-state index is 13.2. The van der Waals surface area contributed by atoms with Crippen molar-refractivity contribution in [3.63, 3.8) is 0 Å². The summed E-state index contributed by atoms with van der Waals surface area (Å²) in [7, 11) is 3.10. The summed E-state index contributed by atoms with van der Waals surface area (Å²) in [6.07, 6.45) is 5.96. The highest BCUT2D eigenvalue weighted by atomic mass is 35.5. The lowest BCUT2D eigenvalue weighted by molar-refractivity contribution is -0.122. The number of aromatic nitrogens is 2. The second-order valence-corrected chi connectivity index (χ2v) is 21.9. The standard InChI is InChI=1S/C68H58Cl4N8O8/c1-41-11-23-47-7-5-9-57(67(47)75-41)87-39-51-53(69)29-31-55(65(51)71)79(3)63(85)37-73-59(81)33-21-43-17-25-49(26-18-43)77-61(83)35-45-13-15-46(16-14-45)36-62(84)78-50-27-19-44(20-28-50)22-34-60(82)74-38-64(86)80(4)56-32-30-54(70)52(66(56)72)40-88-58-10-6-8-48-24-12-42(2)76-68(48)58/h5-34H,35-40H2,1-4H3,(H,73,81)(H,74,82)(H,77,83)(H,78,84)/b33-21+,34-22+. The molecule has 0 aliphatic carbocycles. The van der Waals surface area contributed by atoms with Crippen molar-refractivity contribution in [1.29, 1.82) is 0 Å². The molecule has 20 heteroatoms. The Morgan fingerprint density at radius 2 is 0.864 bits per heavy atom. The van der Waals surface area contributed by atoms with Gasteiger partial charge in [-0.1, -0.05) is 131 Å². The largest absolute Gasteiger partial charge is 0.487 e. The number of ether oxygens (including phenoxy) is 2. The number of pyridine rings is 2. The van der Waals surface area contributed by atoms with Crippen LogP contribution >= 0.6 is 46.4 Å². The van der Waals surface area contributed by atoms with Gasteiger partial charge in [-0.2, -0.15) is 0 Å². The van der Waals surface area contributed by atoms with Crippen LogP contribution in [0.2, 0.25) is 20.1 Å². The minimum atomic E-state index is -0.493. The molecule has 0 aliphatic rings. The molecule has 0 atom stereocenters. The van der Waals surface area contributed by atoms with E-state index in [9.17, 15) is 28.8 Å². The van der Waals surface area contributed by atoms with Crippen molar-refractivity contribution in [1.82, 2.24) is 20.6 Å². The molecule has 0 radical (unpaired) electrons. The number of nitrogens with zero attached hydrogens (tertiary/aromatic N) is 4. The number of aryl methyl sites for hydroxylation is 2. The van der Waals surface area contributed by atoms with Crippen LogP contribution in [0.15, 0.2) is 170 Å². The lowest BCUT2D eigenvalue weighted by Gasteiger charge is -2.21. The fraction of sp³-hybridized carbons (Fsp3) is 0.147. The molecule has 0 fully saturated rings. The predicted molar refractivity (Wildman–Crippen MR) is 349 cm³/mol. The van der Waals surface area contributed by atoms with Gasteiger partial charge < -0.3 is 40.5 Å². The minimum Gasteiger partial charge on any atom is -0.487 e. The van der Waals surface area contributed by atoms with Crippen LogP contribution in [0.5, 0.6) is 11.5 Å². The average molecular weight is 1260 g/mol. The molecule has 0 spiro atoms. The van der Waals surface area contributed by atoms with Crippen LogP contribution in [0.1, 0.15) is 44.8 Å². The van der Waals surface area contributed by atoms with Crippen LogP contribution in [0, 0.1) is 13.8 Å². The number of rotatable bonds is 22. The van der Waals surface area contributed by atoms with Gasteiger partial charge in [0.15, 0.2) is 0 Å². The quantitative estimate of drug-likeness (QED) is 0.0473. The molecule has 446 valence electrons. The normalized spacial score (nSPS) is 11.2. The van der Waals surface area contributed by atoms with Gasteiger partial charge in [0.05, 0.1) is 47.4 Å². The highest BCUT2D eigenvalue weighted by Gasteiger charge is 2.22. The van der Waals surface area contributed by atoms with Crippen molar-refractivity contribution in [3.05, 3.63) is 235 Å². The Kier molecular flexibility index (Phi) is 20.9. The number of fused-ring (bicyclic) bond motifs is 2. The molecule has 0 aliphatic heterocycles. The number of carbonyl (C=O) groups excluding carboxylic acids is 6. The van der Waals surface area contributed by atoms with E-state index in [1.165, 1.54) is 22.0 Å². The molecule has 0 saturated heterocycles. The van der Waals surface area contributed by atoms with Gasteiger partial charge in [0, 0.05) is 81.0 Å². The molecule has 4 N–H and O–H groups in total. The molecule has 16 nitrogen and oxygen atoms in total. The van der Waals surface area contributed by atoms with E-state index in [0.717, 1.165) is 33.3 Å². The fourth-order valence-electron chi connectivity index (χ4n) is 9.13. The average Bonchev–Trinajstić information content (AvgIpc) is 3.03. The zero-order valence-electron chi connectivity index (χ0n) is 48.1. The lowest BCUT2D eigenvalue weighted by Crippen LogP contribution is -2.37. The van der Waals surface area contributed by atoms with Gasteiger partial charge in [0.25, 0.3) is 0 Å². The number of nitrogens with one attached hydrogen (secondary N) is 4. The van der Waals surface area contributed by atoms with E-state index in [-0.39, 0.29) is 61.0 Å². The Balaban J connectivity index is 0.664. The van der Waals surface area contributed by atoms with Gasteiger partial charge in [-0.15, -0.1) is 0 Å². The molecule has 0 unspecified atom stereocenters. The maximum absolute atomic E-state index is 13.2. The molecule has 88 heavy (non-hydrogen) atoms. The summed E-state index contributed by atoms with van der Waals surface area (Å²) in [5, 5.41) is 14.0. The lowest BCUT2D eigenvalue weighted by atomic mass is 10.1. The van der Waals surface area contributed by atoms with E-state index >= 15 is 0 Å². The fourth-order valence-corrected chi connectivity index (χ4v) is 10.3. The van der Waals surface area contributed by atoms with Crippen molar-refractivity contribution in [2.75, 3.05) is 47.6 Å². The molecule has 6 amide bonds. The Morgan fingerprint density at radius 1 is 0.477 bits per heavy atom. The summed E-state index contributed by atoms with van der Waals surface area (Å²) in [6, 6.07) is 46.5. The molecule has 9 aromatic rings. The van der Waals surface area contributed by atoms with Gasteiger partial charge in [0.1, 0.15) is 35.7 Å². The van der Waals surface area contributed by atoms with Crippen LogP contribution in [-0.2, 0) is 54.8 Å². The number of benzene rings is 7. The first-order chi connectivity index (χ1) is 42.3. The van der Waals surface area contributed by atoms with Crippen molar-refractivity contribution in [3.8, 4) is 11.5 Å². The zero-order chi connectivity index (χ0) is 62.4. The molecule has 2 heterocycles. The number of likely N-dealkylation sites (N-methyl/N-ethyl adjacent to an activating group) is 2. The Morgan fingerprint density at radius 3 is 1.25 bits per heavy atom. The van der Waals surface area contributed by atoms with Crippen LogP contribution in [0.25, 0.3) is 34.0 Å². The van der Waals surface area contributed by atoms with Crippen LogP contribution in [0.4, 0.5) is 22.7 Å². The van der Waals surface area contributed by atoms with Crippen molar-refractivity contribution in [2.45, 2.75) is 39.9 Å². The minimum absolute atomic E-state index is 0.0267. The zero-order valence-corrected chi connectivity index (χ0v) is 51.2. The van der Waals surface area contributed by atoms with E-state index in [0.29, 0.717) is 77.6 Å². The summed E-state index contributed by atoms with van der Waals surface area (Å²) >= 11 is 26.6. The van der Waals surface area contributed by atoms with E-state index in [2.05, 4.69) is 31.2 Å². The van der Waals surface area contributed by atoms with Crippen molar-refractivity contribution in [2.24, 2.45) is 0 Å². The highest BCUT2D eigenvalue weighted by molar-refractivity contribution is 6.39. The number of carbonyl (C=O) groups is 6. The maximum Gasteiger partial charge on any atom is 0.246 e. The SMILES string of the molecule is Cc1ccc2cccc(OCc3c(Cl)ccc(N(C)C(=O)CNC(=O)/C=C/c4ccc(NC(=O)Cc5ccc(CC(=O)Nc6ccc(/C=C/C(=O)NCC(=O)N(C)c7ccc(Cl)c(COc8cccc9ccc(C)nc89)c7Cl)cc6)cc5)cc4)c3Cl)c2n1. The topological polar surface area (TPSA) is 201 Å². The number of halogens is 4. The monoisotopic (exact) mass is 1250 g/mol. The number of anilines is 4. The molecule has 9 rings (SSSR count). The van der Waals surface area contributed by atoms with E-state index in [1.54, 1.807) is 123 Å². The Labute approximate surface area is 528 Å². The Bertz CT molecular complexity index is 3910. The molecule has 0 bridgehead atoms. The van der Waals surface area contributed by atoms with E-state index in [1.807, 2.05) is 74.5 Å². The smallest absolute Gasteiger partial charge is 0.246 e. The highest BCUT2D eigenvalue weighted by Crippen LogP contribution is 2.37. The van der Waals surface area contributed by atoms with Gasteiger partial charge in [-0.25, -0.2) is 9.97 Å². The first-order valence-corrected chi connectivity index (χ1v) is 29.1. The third-order valence-corrected chi connectivity index (χ3v) is 15.6. The van der Waals surface area contributed by atoms with Gasteiger partial charge in [-0.3, -0.25) is 28.8 Å². The molecule has 7 aromatic carbocycles. The van der Waals surface area contributed by atoms with E-state index in [4.69, 9.17) is 55.9 Å². The summed E-state index contributed by atoms with van der Waals surface area (Å²) in [4.78, 5) is 89.8. The number of hydrogen-bond acceptors (Lipinski definition) is 10. The van der Waals surface area contributed by atoms with Crippen molar-refractivity contribution >= 4 is 139 Å². The van der Waals surface area contributed by atoms with Crippen LogP contribution in [0.3, 0.4) is 0 Å². The number of para-hydroxylation sites is 2. The van der Waals surface area contributed by atoms with Gasteiger partial charge in [0.2, 0.25) is 35.4 Å². The predicted octanol–water partition coefficient (Wildman–Crippen LogP) is 13.1.